The van der Waals surface area contributed by atoms with Gasteiger partial charge in [-0.1, -0.05) is 6.07 Å². The van der Waals surface area contributed by atoms with Crippen LogP contribution in [0.25, 0.3) is 0 Å². The predicted molar refractivity (Wildman–Crippen MR) is 76.6 cm³/mol. The number of nitrogens with zero attached hydrogens (tertiary/aromatic N) is 1. The van der Waals surface area contributed by atoms with Gasteiger partial charge in [0.15, 0.2) is 0 Å². The van der Waals surface area contributed by atoms with Crippen LogP contribution >= 0.6 is 0 Å². The third kappa shape index (κ3) is 5.01. The number of carbonyl (C=O) groups is 1. The molecule has 0 fully saturated rings. The van der Waals surface area contributed by atoms with E-state index >= 15 is 0 Å². The topological polar surface area (TPSA) is 38.8 Å². The average Bonchev–Trinajstić information content (AvgIpc) is 2.34. The van der Waals surface area contributed by atoms with Crippen LogP contribution in [-0.2, 0) is 14.3 Å². The van der Waals surface area contributed by atoms with E-state index in [1.165, 1.54) is 0 Å². The monoisotopic (exact) mass is 265 g/mol. The number of anilines is 1. The lowest BCUT2D eigenvalue weighted by atomic mass is 10.1. The smallest absolute Gasteiger partial charge is 0.252 e. The zero-order valence-corrected chi connectivity index (χ0v) is 12.2. The summed E-state index contributed by atoms with van der Waals surface area (Å²) in [5.41, 5.74) is 3.24. The summed E-state index contributed by atoms with van der Waals surface area (Å²) >= 11 is 0. The highest BCUT2D eigenvalue weighted by Gasteiger charge is 2.14. The van der Waals surface area contributed by atoms with Crippen LogP contribution in [-0.4, -0.2) is 39.4 Å². The molecule has 19 heavy (non-hydrogen) atoms. The van der Waals surface area contributed by atoms with Gasteiger partial charge in [-0.3, -0.25) is 4.79 Å². The lowest BCUT2D eigenvalue weighted by Crippen LogP contribution is -2.34. The Hall–Kier alpha value is -1.39. The third-order valence-electron chi connectivity index (χ3n) is 2.79. The summed E-state index contributed by atoms with van der Waals surface area (Å²) < 4.78 is 10.2. The number of ether oxygens (including phenoxy) is 2. The van der Waals surface area contributed by atoms with Crippen molar-refractivity contribution < 1.29 is 14.3 Å². The Balaban J connectivity index is 2.68. The van der Waals surface area contributed by atoms with Crippen LogP contribution in [0.1, 0.15) is 18.1 Å². The van der Waals surface area contributed by atoms with E-state index in [0.717, 1.165) is 16.8 Å². The molecule has 0 aliphatic rings. The molecule has 0 saturated carbocycles. The van der Waals surface area contributed by atoms with Gasteiger partial charge in [-0.15, -0.1) is 0 Å². The molecule has 0 heterocycles. The number of carbonyl (C=O) groups excluding carboxylic acids is 1. The van der Waals surface area contributed by atoms with Gasteiger partial charge >= 0.3 is 0 Å². The number of benzene rings is 1. The molecule has 4 heteroatoms. The quantitative estimate of drug-likeness (QED) is 0.710. The van der Waals surface area contributed by atoms with Crippen molar-refractivity contribution in [3.63, 3.8) is 0 Å². The number of likely N-dealkylation sites (N-methyl/N-ethyl adjacent to an activating group) is 1. The maximum Gasteiger partial charge on any atom is 0.252 e. The molecule has 1 aromatic carbocycles. The minimum absolute atomic E-state index is 0.0244. The minimum atomic E-state index is -0.0244. The first-order valence-electron chi connectivity index (χ1n) is 6.53. The maximum absolute atomic E-state index is 12.1. The van der Waals surface area contributed by atoms with Crippen LogP contribution in [0.4, 0.5) is 5.69 Å². The van der Waals surface area contributed by atoms with Gasteiger partial charge < -0.3 is 14.4 Å². The Morgan fingerprint density at radius 2 is 1.79 bits per heavy atom. The molecule has 0 aliphatic carbocycles. The van der Waals surface area contributed by atoms with Crippen molar-refractivity contribution in [2.75, 3.05) is 38.4 Å². The summed E-state index contributed by atoms with van der Waals surface area (Å²) in [5, 5.41) is 0. The van der Waals surface area contributed by atoms with Gasteiger partial charge in [-0.05, 0) is 44.0 Å². The molecule has 0 aromatic heterocycles. The van der Waals surface area contributed by atoms with Crippen molar-refractivity contribution >= 4 is 11.6 Å². The van der Waals surface area contributed by atoms with Gasteiger partial charge in [-0.2, -0.15) is 0 Å². The van der Waals surface area contributed by atoms with Crippen LogP contribution in [0.3, 0.4) is 0 Å². The van der Waals surface area contributed by atoms with E-state index < -0.39 is 0 Å². The third-order valence-corrected chi connectivity index (χ3v) is 2.79. The second-order valence-electron chi connectivity index (χ2n) is 4.53. The van der Waals surface area contributed by atoms with Crippen molar-refractivity contribution in [2.45, 2.75) is 20.8 Å². The lowest BCUT2D eigenvalue weighted by molar-refractivity contribution is -0.123. The van der Waals surface area contributed by atoms with Crippen LogP contribution in [0.2, 0.25) is 0 Å². The van der Waals surface area contributed by atoms with E-state index in [1.54, 1.807) is 12.0 Å². The summed E-state index contributed by atoms with van der Waals surface area (Å²) in [5.74, 6) is -0.0244. The Kier molecular flexibility index (Phi) is 6.53. The van der Waals surface area contributed by atoms with Crippen LogP contribution < -0.4 is 4.90 Å². The molecule has 0 aliphatic heterocycles. The highest BCUT2D eigenvalue weighted by Crippen LogP contribution is 2.18. The highest BCUT2D eigenvalue weighted by molar-refractivity contribution is 5.94. The molecule has 0 N–H and O–H groups in total. The number of methoxy groups -OCH3 is 1. The van der Waals surface area contributed by atoms with Gasteiger partial charge in [0.1, 0.15) is 6.61 Å². The van der Waals surface area contributed by atoms with Crippen LogP contribution in [0.15, 0.2) is 18.2 Å². The fraction of sp³-hybridized carbons (Fsp3) is 0.533. The van der Waals surface area contributed by atoms with Gasteiger partial charge in [0.05, 0.1) is 13.2 Å². The molecule has 106 valence electrons. The molecule has 0 unspecified atom stereocenters. The number of aryl methyl sites for hydroxylation is 2. The zero-order chi connectivity index (χ0) is 14.3. The summed E-state index contributed by atoms with van der Waals surface area (Å²) in [7, 11) is 1.61. The van der Waals surface area contributed by atoms with E-state index in [1.807, 2.05) is 32.9 Å². The molecule has 1 aromatic rings. The van der Waals surface area contributed by atoms with E-state index in [-0.39, 0.29) is 12.5 Å². The van der Waals surface area contributed by atoms with Gasteiger partial charge in [0, 0.05) is 19.3 Å². The number of amides is 1. The van der Waals surface area contributed by atoms with Crippen molar-refractivity contribution in [1.29, 1.82) is 0 Å². The molecule has 4 nitrogen and oxygen atoms in total. The fourth-order valence-corrected chi connectivity index (χ4v) is 1.99. The molecule has 0 atom stereocenters. The molecule has 0 saturated heterocycles. The second-order valence-corrected chi connectivity index (χ2v) is 4.53. The standard InChI is InChI=1S/C15H23NO3/c1-5-16(15(17)11-19-7-6-18-4)14-9-12(2)8-13(3)10-14/h8-10H,5-7,11H2,1-4H3. The Morgan fingerprint density at radius 1 is 1.16 bits per heavy atom. The summed E-state index contributed by atoms with van der Waals surface area (Å²) in [6.45, 7) is 7.69. The Morgan fingerprint density at radius 3 is 2.32 bits per heavy atom. The number of rotatable bonds is 7. The van der Waals surface area contributed by atoms with Gasteiger partial charge in [0.2, 0.25) is 0 Å². The van der Waals surface area contributed by atoms with Crippen molar-refractivity contribution in [2.24, 2.45) is 0 Å². The predicted octanol–water partition coefficient (Wildman–Crippen LogP) is 2.32. The molecule has 0 bridgehead atoms. The Labute approximate surface area is 115 Å². The number of hydrogen-bond donors (Lipinski definition) is 0. The van der Waals surface area contributed by atoms with E-state index in [0.29, 0.717) is 19.8 Å². The average molecular weight is 265 g/mol. The highest BCUT2D eigenvalue weighted by atomic mass is 16.5. The molecule has 1 rings (SSSR count). The Bertz CT molecular complexity index is 398. The fourth-order valence-electron chi connectivity index (χ4n) is 1.99. The normalized spacial score (nSPS) is 10.5. The first kappa shape index (κ1) is 15.7. The van der Waals surface area contributed by atoms with Gasteiger partial charge in [-0.25, -0.2) is 0 Å². The summed E-state index contributed by atoms with van der Waals surface area (Å²) in [6, 6.07) is 6.13. The lowest BCUT2D eigenvalue weighted by Gasteiger charge is -2.22. The summed E-state index contributed by atoms with van der Waals surface area (Å²) in [4.78, 5) is 13.9. The first-order valence-corrected chi connectivity index (χ1v) is 6.53. The first-order chi connectivity index (χ1) is 9.08. The largest absolute Gasteiger partial charge is 0.382 e. The molecular weight excluding hydrogens is 242 g/mol. The van der Waals surface area contributed by atoms with E-state index in [9.17, 15) is 4.79 Å². The zero-order valence-electron chi connectivity index (χ0n) is 12.2. The number of hydrogen-bond acceptors (Lipinski definition) is 3. The van der Waals surface area contributed by atoms with Crippen molar-refractivity contribution in [3.8, 4) is 0 Å². The second kappa shape index (κ2) is 7.92. The molecule has 0 radical (unpaired) electrons. The molecule has 0 spiro atoms. The minimum Gasteiger partial charge on any atom is -0.382 e. The SMILES string of the molecule is CCN(C(=O)COCCOC)c1cc(C)cc(C)c1. The van der Waals surface area contributed by atoms with Crippen LogP contribution in [0.5, 0.6) is 0 Å². The van der Waals surface area contributed by atoms with E-state index in [2.05, 4.69) is 6.07 Å². The molecule has 1 amide bonds. The van der Waals surface area contributed by atoms with Crippen molar-refractivity contribution in [1.82, 2.24) is 0 Å². The van der Waals surface area contributed by atoms with E-state index in [4.69, 9.17) is 9.47 Å². The van der Waals surface area contributed by atoms with Crippen molar-refractivity contribution in [3.05, 3.63) is 29.3 Å². The van der Waals surface area contributed by atoms with Gasteiger partial charge in [0.25, 0.3) is 5.91 Å². The maximum atomic E-state index is 12.1. The van der Waals surface area contributed by atoms with Crippen LogP contribution in [0, 0.1) is 13.8 Å². The molecular formula is C15H23NO3. The summed E-state index contributed by atoms with van der Waals surface area (Å²) in [6.07, 6.45) is 0.